The van der Waals surface area contributed by atoms with Gasteiger partial charge in [-0.05, 0) is 60.4 Å². The van der Waals surface area contributed by atoms with Crippen molar-refractivity contribution in [1.82, 2.24) is 9.21 Å². The topological polar surface area (TPSA) is 60.9 Å². The van der Waals surface area contributed by atoms with Gasteiger partial charge in [-0.15, -0.1) is 11.3 Å². The molecule has 2 rings (SSSR count). The molecule has 0 aliphatic carbocycles. The van der Waals surface area contributed by atoms with Crippen LogP contribution in [0, 0.1) is 0 Å². The highest BCUT2D eigenvalue weighted by Crippen LogP contribution is 2.32. The van der Waals surface area contributed by atoms with E-state index in [4.69, 9.17) is 0 Å². The molecule has 1 N–H and O–H groups in total. The lowest BCUT2D eigenvalue weighted by molar-refractivity contribution is 0.161. The van der Waals surface area contributed by atoms with Crippen molar-refractivity contribution in [3.05, 3.63) is 15.9 Å². The fraction of sp³-hybridized carbons (Fsp3) is 0.667. The average molecular weight is 383 g/mol. The van der Waals surface area contributed by atoms with Crippen molar-refractivity contribution in [1.29, 1.82) is 0 Å². The first kappa shape index (κ1) is 16.4. The molecular formula is C12H19BrN2O3S2. The Balaban J connectivity index is 2.26. The minimum absolute atomic E-state index is 0.0302. The Kier molecular flexibility index (Phi) is 5.61. The first-order valence-corrected chi connectivity index (χ1v) is 9.62. The molecule has 8 heteroatoms. The molecule has 0 radical (unpaired) electrons. The summed E-state index contributed by atoms with van der Waals surface area (Å²) in [6.07, 6.45) is 1.61. The number of hydrogen-bond donors (Lipinski definition) is 1. The van der Waals surface area contributed by atoms with Crippen LogP contribution in [0.1, 0.15) is 12.8 Å². The summed E-state index contributed by atoms with van der Waals surface area (Å²) in [5.74, 6) is 0. The van der Waals surface area contributed by atoms with Gasteiger partial charge in [-0.1, -0.05) is 0 Å². The van der Waals surface area contributed by atoms with Crippen molar-refractivity contribution in [2.24, 2.45) is 0 Å². The first-order valence-electron chi connectivity index (χ1n) is 6.51. The molecule has 1 aliphatic heterocycles. The van der Waals surface area contributed by atoms with Crippen LogP contribution >= 0.6 is 27.3 Å². The normalized spacial score (nSPS) is 18.8. The van der Waals surface area contributed by atoms with E-state index >= 15 is 0 Å². The second-order valence-corrected chi connectivity index (χ2v) is 8.79. The molecule has 0 amide bonds. The Morgan fingerprint density at radius 2 is 2.15 bits per heavy atom. The zero-order valence-electron chi connectivity index (χ0n) is 11.3. The maximum absolute atomic E-state index is 12.8. The third-order valence-corrected chi connectivity index (χ3v) is 8.14. The number of aliphatic hydroxyl groups excluding tert-OH is 1. The van der Waals surface area contributed by atoms with Gasteiger partial charge in [0.2, 0.25) is 0 Å². The van der Waals surface area contributed by atoms with Gasteiger partial charge >= 0.3 is 0 Å². The van der Waals surface area contributed by atoms with Gasteiger partial charge in [0.15, 0.2) is 0 Å². The van der Waals surface area contributed by atoms with Crippen LogP contribution in [0.2, 0.25) is 0 Å². The minimum Gasteiger partial charge on any atom is -0.395 e. The molecule has 0 bridgehead atoms. The number of rotatable bonds is 5. The molecule has 0 aromatic carbocycles. The zero-order chi connectivity index (χ0) is 14.8. The molecule has 0 unspecified atom stereocenters. The molecule has 1 aromatic rings. The summed E-state index contributed by atoms with van der Waals surface area (Å²) in [6, 6.07) is 1.71. The summed E-state index contributed by atoms with van der Waals surface area (Å²) >= 11 is 4.50. The van der Waals surface area contributed by atoms with Crippen LogP contribution in [-0.4, -0.2) is 62.1 Å². The van der Waals surface area contributed by atoms with E-state index in [2.05, 4.69) is 20.8 Å². The molecular weight excluding hydrogens is 364 g/mol. The number of piperidine rings is 1. The quantitative estimate of drug-likeness (QED) is 0.839. The Labute approximate surface area is 132 Å². The lowest BCUT2D eigenvalue weighted by Crippen LogP contribution is -2.47. The van der Waals surface area contributed by atoms with Crippen molar-refractivity contribution >= 4 is 37.3 Å². The summed E-state index contributed by atoms with van der Waals surface area (Å²) in [6.45, 7) is 1.76. The lowest BCUT2D eigenvalue weighted by Gasteiger charge is -2.36. The van der Waals surface area contributed by atoms with Gasteiger partial charge in [-0.3, -0.25) is 0 Å². The molecule has 1 aliphatic rings. The predicted molar refractivity (Wildman–Crippen MR) is 83.5 cm³/mol. The fourth-order valence-corrected chi connectivity index (χ4v) is 6.55. The van der Waals surface area contributed by atoms with E-state index in [1.807, 2.05) is 7.05 Å². The van der Waals surface area contributed by atoms with E-state index in [-0.39, 0.29) is 19.2 Å². The average Bonchev–Trinajstić information content (AvgIpc) is 2.84. The molecule has 0 saturated carbocycles. The van der Waals surface area contributed by atoms with Gasteiger partial charge in [-0.25, -0.2) is 8.42 Å². The number of hydrogen-bond acceptors (Lipinski definition) is 5. The standard InChI is InChI=1S/C12H19BrN2O3S2/c1-14-5-2-10(3-6-14)15(7-8-16)20(17,18)12-11(13)4-9-19-12/h4,9-10,16H,2-3,5-8H2,1H3. The second kappa shape index (κ2) is 6.85. The van der Waals surface area contributed by atoms with Gasteiger partial charge < -0.3 is 10.0 Å². The van der Waals surface area contributed by atoms with E-state index in [9.17, 15) is 13.5 Å². The molecule has 0 spiro atoms. The van der Waals surface area contributed by atoms with Gasteiger partial charge in [0, 0.05) is 17.1 Å². The summed E-state index contributed by atoms with van der Waals surface area (Å²) in [5.41, 5.74) is 0. The Morgan fingerprint density at radius 1 is 1.50 bits per heavy atom. The molecule has 2 heterocycles. The van der Waals surface area contributed by atoms with Gasteiger partial charge in [0.1, 0.15) is 4.21 Å². The molecule has 1 fully saturated rings. The summed E-state index contributed by atoms with van der Waals surface area (Å²) in [7, 11) is -1.50. The molecule has 1 saturated heterocycles. The highest BCUT2D eigenvalue weighted by molar-refractivity contribution is 9.10. The number of nitrogens with zero attached hydrogens (tertiary/aromatic N) is 2. The van der Waals surface area contributed by atoms with Crippen LogP contribution in [0.25, 0.3) is 0 Å². The zero-order valence-corrected chi connectivity index (χ0v) is 14.5. The maximum Gasteiger partial charge on any atom is 0.254 e. The maximum atomic E-state index is 12.8. The number of sulfonamides is 1. The highest BCUT2D eigenvalue weighted by atomic mass is 79.9. The number of aliphatic hydroxyl groups is 1. The van der Waals surface area contributed by atoms with E-state index < -0.39 is 10.0 Å². The highest BCUT2D eigenvalue weighted by Gasteiger charge is 2.34. The van der Waals surface area contributed by atoms with Crippen molar-refractivity contribution in [3.8, 4) is 0 Å². The smallest absolute Gasteiger partial charge is 0.254 e. The Hall–Kier alpha value is 0.01000. The van der Waals surface area contributed by atoms with Gasteiger partial charge in [0.05, 0.1) is 6.61 Å². The van der Waals surface area contributed by atoms with Crippen LogP contribution in [0.15, 0.2) is 20.1 Å². The van der Waals surface area contributed by atoms with Gasteiger partial charge in [-0.2, -0.15) is 4.31 Å². The van der Waals surface area contributed by atoms with Crippen molar-refractivity contribution < 1.29 is 13.5 Å². The molecule has 0 atom stereocenters. The fourth-order valence-electron chi connectivity index (χ4n) is 2.45. The van der Waals surface area contributed by atoms with Crippen LogP contribution < -0.4 is 0 Å². The first-order chi connectivity index (χ1) is 9.46. The van der Waals surface area contributed by atoms with E-state index in [0.29, 0.717) is 8.68 Å². The number of likely N-dealkylation sites (tertiary alicyclic amines) is 1. The van der Waals surface area contributed by atoms with Crippen molar-refractivity contribution in [2.75, 3.05) is 33.3 Å². The van der Waals surface area contributed by atoms with E-state index in [0.717, 1.165) is 25.9 Å². The van der Waals surface area contributed by atoms with E-state index in [1.54, 1.807) is 11.4 Å². The summed E-state index contributed by atoms with van der Waals surface area (Å²) < 4.78 is 27.9. The molecule has 5 nitrogen and oxygen atoms in total. The molecule has 20 heavy (non-hydrogen) atoms. The number of thiophene rings is 1. The molecule has 114 valence electrons. The monoisotopic (exact) mass is 382 g/mol. The van der Waals surface area contributed by atoms with Gasteiger partial charge in [0.25, 0.3) is 10.0 Å². The summed E-state index contributed by atoms with van der Waals surface area (Å²) in [5, 5.41) is 11.0. The second-order valence-electron chi connectivity index (χ2n) is 4.93. The van der Waals surface area contributed by atoms with Crippen molar-refractivity contribution in [3.63, 3.8) is 0 Å². The number of halogens is 1. The Bertz CT molecular complexity index is 539. The predicted octanol–water partition coefficient (Wildman–Crippen LogP) is 1.59. The SMILES string of the molecule is CN1CCC(N(CCO)S(=O)(=O)c2sccc2Br)CC1. The largest absolute Gasteiger partial charge is 0.395 e. The van der Waals surface area contributed by atoms with Crippen LogP contribution in [0.5, 0.6) is 0 Å². The molecule has 1 aromatic heterocycles. The van der Waals surface area contributed by atoms with Crippen LogP contribution in [0.3, 0.4) is 0 Å². The van der Waals surface area contributed by atoms with E-state index in [1.165, 1.54) is 15.6 Å². The lowest BCUT2D eigenvalue weighted by atomic mass is 10.1. The summed E-state index contributed by atoms with van der Waals surface area (Å²) in [4.78, 5) is 2.20. The van der Waals surface area contributed by atoms with Crippen molar-refractivity contribution in [2.45, 2.75) is 23.1 Å². The van der Waals surface area contributed by atoms with Crippen LogP contribution in [0.4, 0.5) is 0 Å². The Morgan fingerprint density at radius 3 is 2.65 bits per heavy atom. The third kappa shape index (κ3) is 3.42. The third-order valence-electron chi connectivity index (χ3n) is 3.54. The van der Waals surface area contributed by atoms with Crippen LogP contribution in [-0.2, 0) is 10.0 Å². The minimum atomic E-state index is -3.54.